The van der Waals surface area contributed by atoms with Crippen LogP contribution < -0.4 is 5.32 Å². The third-order valence-corrected chi connectivity index (χ3v) is 4.29. The molecule has 18 heavy (non-hydrogen) atoms. The molecule has 0 aromatic heterocycles. The van der Waals surface area contributed by atoms with Crippen molar-refractivity contribution in [1.29, 1.82) is 0 Å². The number of hydrogen-bond acceptors (Lipinski definition) is 2. The van der Waals surface area contributed by atoms with E-state index in [-0.39, 0.29) is 5.54 Å². The summed E-state index contributed by atoms with van der Waals surface area (Å²) < 4.78 is 0. The highest BCUT2D eigenvalue weighted by Crippen LogP contribution is 2.37. The van der Waals surface area contributed by atoms with Crippen LogP contribution >= 0.6 is 0 Å². The van der Waals surface area contributed by atoms with E-state index in [1.54, 1.807) is 0 Å². The van der Waals surface area contributed by atoms with Crippen molar-refractivity contribution in [2.24, 2.45) is 5.41 Å². The lowest BCUT2D eigenvalue weighted by Gasteiger charge is -2.26. The van der Waals surface area contributed by atoms with Crippen LogP contribution in [0.1, 0.15) is 60.3 Å². The summed E-state index contributed by atoms with van der Waals surface area (Å²) in [5.74, 6) is 0.315. The Morgan fingerprint density at radius 3 is 2.33 bits per heavy atom. The molecule has 1 aliphatic rings. The van der Waals surface area contributed by atoms with E-state index in [1.165, 1.54) is 19.3 Å². The zero-order valence-corrected chi connectivity index (χ0v) is 12.8. The Morgan fingerprint density at radius 2 is 1.89 bits per heavy atom. The maximum absolute atomic E-state index is 12.1. The Bertz CT molecular complexity index is 277. The summed E-state index contributed by atoms with van der Waals surface area (Å²) in [6.07, 6.45) is 4.18. The van der Waals surface area contributed by atoms with Crippen molar-refractivity contribution in [2.45, 2.75) is 65.8 Å². The van der Waals surface area contributed by atoms with Gasteiger partial charge in [-0.2, -0.15) is 0 Å². The number of hydrogen-bond donors (Lipinski definition) is 1. The predicted molar refractivity (Wildman–Crippen MR) is 76.6 cm³/mol. The number of carbonyl (C=O) groups is 1. The summed E-state index contributed by atoms with van der Waals surface area (Å²) in [5.41, 5.74) is 0.495. The summed E-state index contributed by atoms with van der Waals surface area (Å²) in [5, 5.41) is 3.38. The lowest BCUT2D eigenvalue weighted by atomic mass is 9.82. The van der Waals surface area contributed by atoms with Gasteiger partial charge in [-0.05, 0) is 45.4 Å². The number of amides is 1. The summed E-state index contributed by atoms with van der Waals surface area (Å²) >= 11 is 0. The molecule has 0 radical (unpaired) electrons. The van der Waals surface area contributed by atoms with Crippen LogP contribution in [0.5, 0.6) is 0 Å². The molecule has 3 heteroatoms. The zero-order valence-electron chi connectivity index (χ0n) is 12.8. The fourth-order valence-electron chi connectivity index (χ4n) is 2.68. The highest BCUT2D eigenvalue weighted by atomic mass is 16.2. The van der Waals surface area contributed by atoms with Crippen molar-refractivity contribution >= 4 is 5.91 Å². The molecule has 106 valence electrons. The quantitative estimate of drug-likeness (QED) is 0.818. The second kappa shape index (κ2) is 6.05. The van der Waals surface area contributed by atoms with E-state index < -0.39 is 0 Å². The van der Waals surface area contributed by atoms with E-state index in [4.69, 9.17) is 0 Å². The Kier molecular flexibility index (Phi) is 5.20. The van der Waals surface area contributed by atoms with Crippen molar-refractivity contribution in [1.82, 2.24) is 10.2 Å². The van der Waals surface area contributed by atoms with Crippen molar-refractivity contribution in [3.8, 4) is 0 Å². The number of carbonyl (C=O) groups excluding carboxylic acids is 1. The van der Waals surface area contributed by atoms with E-state index in [9.17, 15) is 4.79 Å². The Balaban J connectivity index is 2.36. The minimum Gasteiger partial charge on any atom is -0.342 e. The van der Waals surface area contributed by atoms with Crippen LogP contribution in [0.4, 0.5) is 0 Å². The minimum absolute atomic E-state index is 0.0991. The summed E-state index contributed by atoms with van der Waals surface area (Å²) in [6.45, 7) is 13.6. The average Bonchev–Trinajstić information content (AvgIpc) is 2.72. The minimum atomic E-state index is 0.0991. The van der Waals surface area contributed by atoms with Crippen LogP contribution in [-0.4, -0.2) is 36.0 Å². The lowest BCUT2D eigenvalue weighted by molar-refractivity contribution is -0.130. The first-order valence-corrected chi connectivity index (χ1v) is 7.35. The number of rotatable bonds is 5. The number of nitrogens with one attached hydrogen (secondary N) is 1. The SMILES string of the molecule is CCC1(CC)CCN(C(=O)CCNC(C)(C)C)C1. The standard InChI is InChI=1S/C15H30N2O/c1-6-15(7-2)9-11-17(12-15)13(18)8-10-16-14(3,4)5/h16H,6-12H2,1-5H3. The van der Waals surface area contributed by atoms with Gasteiger partial charge >= 0.3 is 0 Å². The number of nitrogens with zero attached hydrogens (tertiary/aromatic N) is 1. The molecule has 0 bridgehead atoms. The molecular formula is C15H30N2O. The third-order valence-electron chi connectivity index (χ3n) is 4.29. The molecule has 1 saturated heterocycles. The second-order valence-corrected chi connectivity index (χ2v) is 6.70. The largest absolute Gasteiger partial charge is 0.342 e. The van der Waals surface area contributed by atoms with Crippen molar-refractivity contribution in [3.05, 3.63) is 0 Å². The van der Waals surface area contributed by atoms with Gasteiger partial charge < -0.3 is 10.2 Å². The first-order valence-electron chi connectivity index (χ1n) is 7.35. The molecule has 0 saturated carbocycles. The second-order valence-electron chi connectivity index (χ2n) is 6.70. The predicted octanol–water partition coefficient (Wildman–Crippen LogP) is 2.80. The first kappa shape index (κ1) is 15.5. The topological polar surface area (TPSA) is 32.3 Å². The fraction of sp³-hybridized carbons (Fsp3) is 0.933. The van der Waals surface area contributed by atoms with Crippen LogP contribution in [0, 0.1) is 5.41 Å². The van der Waals surface area contributed by atoms with Gasteiger partial charge in [0.15, 0.2) is 0 Å². The van der Waals surface area contributed by atoms with Crippen LogP contribution in [0.25, 0.3) is 0 Å². The normalized spacial score (nSPS) is 19.3. The summed E-state index contributed by atoms with van der Waals surface area (Å²) in [6, 6.07) is 0. The van der Waals surface area contributed by atoms with Crippen LogP contribution in [0.2, 0.25) is 0 Å². The molecule has 0 aromatic carbocycles. The zero-order chi connectivity index (χ0) is 13.8. The Labute approximate surface area is 112 Å². The molecule has 1 N–H and O–H groups in total. The van der Waals surface area contributed by atoms with Gasteiger partial charge in [0.25, 0.3) is 0 Å². The van der Waals surface area contributed by atoms with Gasteiger partial charge in [-0.1, -0.05) is 13.8 Å². The summed E-state index contributed by atoms with van der Waals surface area (Å²) in [4.78, 5) is 14.2. The van der Waals surface area contributed by atoms with E-state index in [0.717, 1.165) is 19.6 Å². The van der Waals surface area contributed by atoms with Crippen molar-refractivity contribution < 1.29 is 4.79 Å². The lowest BCUT2D eigenvalue weighted by Crippen LogP contribution is -2.39. The Hall–Kier alpha value is -0.570. The van der Waals surface area contributed by atoms with E-state index in [0.29, 0.717) is 17.7 Å². The fourth-order valence-corrected chi connectivity index (χ4v) is 2.68. The molecule has 0 atom stereocenters. The number of likely N-dealkylation sites (tertiary alicyclic amines) is 1. The maximum atomic E-state index is 12.1. The van der Waals surface area contributed by atoms with Gasteiger partial charge in [-0.3, -0.25) is 4.79 Å². The van der Waals surface area contributed by atoms with Gasteiger partial charge in [0.05, 0.1) is 0 Å². The van der Waals surface area contributed by atoms with Crippen molar-refractivity contribution in [3.63, 3.8) is 0 Å². The molecule has 3 nitrogen and oxygen atoms in total. The van der Waals surface area contributed by atoms with Gasteiger partial charge in [0.2, 0.25) is 5.91 Å². The van der Waals surface area contributed by atoms with E-state index in [1.807, 2.05) is 0 Å². The molecule has 0 unspecified atom stereocenters. The van der Waals surface area contributed by atoms with Crippen LogP contribution in [-0.2, 0) is 4.79 Å². The van der Waals surface area contributed by atoms with Gasteiger partial charge in [-0.25, -0.2) is 0 Å². The van der Waals surface area contributed by atoms with Gasteiger partial charge in [0.1, 0.15) is 0 Å². The monoisotopic (exact) mass is 254 g/mol. The average molecular weight is 254 g/mol. The summed E-state index contributed by atoms with van der Waals surface area (Å²) in [7, 11) is 0. The molecule has 1 rings (SSSR count). The van der Waals surface area contributed by atoms with Gasteiger partial charge in [0, 0.05) is 31.6 Å². The van der Waals surface area contributed by atoms with Crippen LogP contribution in [0.15, 0.2) is 0 Å². The molecule has 0 aromatic rings. The molecule has 0 spiro atoms. The highest BCUT2D eigenvalue weighted by molar-refractivity contribution is 5.76. The van der Waals surface area contributed by atoms with Crippen molar-refractivity contribution in [2.75, 3.05) is 19.6 Å². The maximum Gasteiger partial charge on any atom is 0.223 e. The molecular weight excluding hydrogens is 224 g/mol. The molecule has 0 aliphatic carbocycles. The third kappa shape index (κ3) is 4.27. The van der Waals surface area contributed by atoms with E-state index >= 15 is 0 Å². The molecule has 1 heterocycles. The molecule has 1 amide bonds. The van der Waals surface area contributed by atoms with E-state index in [2.05, 4.69) is 44.8 Å². The van der Waals surface area contributed by atoms with Crippen LogP contribution in [0.3, 0.4) is 0 Å². The van der Waals surface area contributed by atoms with Gasteiger partial charge in [-0.15, -0.1) is 0 Å². The highest BCUT2D eigenvalue weighted by Gasteiger charge is 2.36. The molecule has 1 aliphatic heterocycles. The Morgan fingerprint density at radius 1 is 1.28 bits per heavy atom. The first-order chi connectivity index (χ1) is 8.32. The molecule has 1 fully saturated rings. The smallest absolute Gasteiger partial charge is 0.223 e.